The fraction of sp³-hybridized carbons (Fsp3) is 0.400. The number of hydrogen-bond acceptors (Lipinski definition) is 2. The van der Waals surface area contributed by atoms with Crippen molar-refractivity contribution in [1.29, 1.82) is 0 Å². The van der Waals surface area contributed by atoms with Crippen LogP contribution < -0.4 is 10.1 Å². The molecule has 0 atom stereocenters. The van der Waals surface area contributed by atoms with Crippen molar-refractivity contribution in [3.63, 3.8) is 0 Å². The fourth-order valence-electron chi connectivity index (χ4n) is 1.08. The van der Waals surface area contributed by atoms with Crippen LogP contribution >= 0.6 is 11.6 Å². The van der Waals surface area contributed by atoms with Gasteiger partial charge >= 0.3 is 0 Å². The minimum absolute atomic E-state index is 0.691. The monoisotopic (exact) mass is 199 g/mol. The summed E-state index contributed by atoms with van der Waals surface area (Å²) in [5.74, 6) is 0.817. The predicted octanol–water partition coefficient (Wildman–Crippen LogP) is 3.17. The second-order valence-electron chi connectivity index (χ2n) is 2.71. The Morgan fingerprint density at radius 1 is 1.46 bits per heavy atom. The summed E-state index contributed by atoms with van der Waals surface area (Å²) < 4.78 is 5.51. The topological polar surface area (TPSA) is 21.3 Å². The quantitative estimate of drug-likeness (QED) is 0.805. The van der Waals surface area contributed by atoms with Gasteiger partial charge in [-0.3, -0.25) is 0 Å². The minimum atomic E-state index is 0.691. The molecular weight excluding hydrogens is 186 g/mol. The largest absolute Gasteiger partial charge is 0.491 e. The van der Waals surface area contributed by atoms with E-state index in [2.05, 4.69) is 12.2 Å². The van der Waals surface area contributed by atoms with Gasteiger partial charge in [0.25, 0.3) is 0 Å². The van der Waals surface area contributed by atoms with Gasteiger partial charge in [0.2, 0.25) is 0 Å². The van der Waals surface area contributed by atoms with Crippen LogP contribution in [-0.4, -0.2) is 13.7 Å². The van der Waals surface area contributed by atoms with Crippen molar-refractivity contribution in [2.45, 2.75) is 13.3 Å². The number of benzene rings is 1. The zero-order chi connectivity index (χ0) is 9.68. The van der Waals surface area contributed by atoms with Crippen LogP contribution in [0.3, 0.4) is 0 Å². The molecule has 0 unspecified atom stereocenters. The first-order valence-electron chi connectivity index (χ1n) is 4.38. The van der Waals surface area contributed by atoms with E-state index in [0.717, 1.165) is 24.5 Å². The first-order valence-corrected chi connectivity index (χ1v) is 4.76. The summed E-state index contributed by atoms with van der Waals surface area (Å²) in [5, 5.41) is 3.71. The predicted molar refractivity (Wildman–Crippen MR) is 56.8 cm³/mol. The van der Waals surface area contributed by atoms with Crippen LogP contribution in [-0.2, 0) is 0 Å². The van der Waals surface area contributed by atoms with Crippen LogP contribution in [0.5, 0.6) is 5.75 Å². The summed E-state index contributed by atoms with van der Waals surface area (Å²) in [4.78, 5) is 0. The van der Waals surface area contributed by atoms with E-state index < -0.39 is 0 Å². The molecule has 1 aromatic carbocycles. The van der Waals surface area contributed by atoms with Crippen LogP contribution in [0.25, 0.3) is 0 Å². The summed E-state index contributed by atoms with van der Waals surface area (Å²) in [5.41, 5.74) is 0.859. The van der Waals surface area contributed by atoms with E-state index in [4.69, 9.17) is 16.3 Å². The van der Waals surface area contributed by atoms with Gasteiger partial charge in [-0.25, -0.2) is 0 Å². The minimum Gasteiger partial charge on any atom is -0.491 e. The lowest BCUT2D eigenvalue weighted by molar-refractivity contribution is 0.319. The third kappa shape index (κ3) is 2.52. The van der Waals surface area contributed by atoms with Gasteiger partial charge in [0, 0.05) is 7.05 Å². The van der Waals surface area contributed by atoms with E-state index >= 15 is 0 Å². The number of nitrogens with one attached hydrogen (secondary N) is 1. The molecule has 72 valence electrons. The van der Waals surface area contributed by atoms with Gasteiger partial charge in [-0.2, -0.15) is 0 Å². The molecule has 0 aromatic heterocycles. The Kier molecular flexibility index (Phi) is 3.90. The lowest BCUT2D eigenvalue weighted by atomic mass is 10.3. The highest BCUT2D eigenvalue weighted by Crippen LogP contribution is 2.31. The molecule has 0 aliphatic heterocycles. The third-order valence-corrected chi connectivity index (χ3v) is 2.00. The molecule has 13 heavy (non-hydrogen) atoms. The van der Waals surface area contributed by atoms with Crippen LogP contribution in [0.15, 0.2) is 18.2 Å². The number of para-hydroxylation sites is 1. The molecule has 0 amide bonds. The van der Waals surface area contributed by atoms with Crippen molar-refractivity contribution in [2.75, 3.05) is 19.0 Å². The van der Waals surface area contributed by atoms with Crippen molar-refractivity contribution in [1.82, 2.24) is 0 Å². The molecular formula is C10H14ClNO. The molecule has 2 nitrogen and oxygen atoms in total. The van der Waals surface area contributed by atoms with E-state index in [-0.39, 0.29) is 0 Å². The zero-order valence-electron chi connectivity index (χ0n) is 7.93. The number of ether oxygens (including phenoxy) is 1. The molecule has 0 fully saturated rings. The average molecular weight is 200 g/mol. The average Bonchev–Trinajstić information content (AvgIpc) is 2.15. The summed E-state index contributed by atoms with van der Waals surface area (Å²) in [7, 11) is 1.83. The smallest absolute Gasteiger partial charge is 0.143 e. The van der Waals surface area contributed by atoms with E-state index in [1.165, 1.54) is 0 Å². The van der Waals surface area contributed by atoms with Gasteiger partial charge < -0.3 is 10.1 Å². The van der Waals surface area contributed by atoms with Crippen LogP contribution in [0.4, 0.5) is 5.69 Å². The lowest BCUT2D eigenvalue weighted by Crippen LogP contribution is -1.99. The number of hydrogen-bond donors (Lipinski definition) is 1. The molecule has 1 N–H and O–H groups in total. The van der Waals surface area contributed by atoms with Gasteiger partial charge in [-0.15, -0.1) is 0 Å². The summed E-state index contributed by atoms with van der Waals surface area (Å²) in [6.45, 7) is 2.79. The molecule has 3 heteroatoms. The van der Waals surface area contributed by atoms with Crippen LogP contribution in [0.1, 0.15) is 13.3 Å². The standard InChI is InChI=1S/C10H14ClNO/c1-3-7-13-9-6-4-5-8(11)10(9)12-2/h4-6,12H,3,7H2,1-2H3. The number of rotatable bonds is 4. The van der Waals surface area contributed by atoms with Crippen molar-refractivity contribution in [3.8, 4) is 5.75 Å². The normalized spacial score (nSPS) is 9.77. The maximum absolute atomic E-state index is 5.97. The first kappa shape index (κ1) is 10.2. The first-order chi connectivity index (χ1) is 6.29. The Morgan fingerprint density at radius 3 is 2.85 bits per heavy atom. The van der Waals surface area contributed by atoms with Crippen molar-refractivity contribution < 1.29 is 4.74 Å². The molecule has 0 saturated heterocycles. The lowest BCUT2D eigenvalue weighted by Gasteiger charge is -2.11. The fourth-order valence-corrected chi connectivity index (χ4v) is 1.34. The van der Waals surface area contributed by atoms with Crippen molar-refractivity contribution >= 4 is 17.3 Å². The molecule has 0 bridgehead atoms. The van der Waals surface area contributed by atoms with E-state index in [1.54, 1.807) is 0 Å². The Labute approximate surface area is 83.9 Å². The van der Waals surface area contributed by atoms with Gasteiger partial charge in [0.05, 0.1) is 17.3 Å². The molecule has 0 radical (unpaired) electrons. The molecule has 0 saturated carbocycles. The molecule has 0 heterocycles. The third-order valence-electron chi connectivity index (χ3n) is 1.69. The van der Waals surface area contributed by atoms with Gasteiger partial charge in [-0.05, 0) is 18.6 Å². The Bertz CT molecular complexity index is 276. The molecule has 1 aromatic rings. The summed E-state index contributed by atoms with van der Waals surface area (Å²) >= 11 is 5.97. The zero-order valence-corrected chi connectivity index (χ0v) is 8.69. The van der Waals surface area contributed by atoms with E-state index in [0.29, 0.717) is 5.02 Å². The number of halogens is 1. The molecule has 0 aliphatic rings. The molecule has 0 spiro atoms. The Morgan fingerprint density at radius 2 is 2.23 bits per heavy atom. The van der Waals surface area contributed by atoms with E-state index in [1.807, 2.05) is 25.2 Å². The summed E-state index contributed by atoms with van der Waals surface area (Å²) in [6.07, 6.45) is 0.996. The maximum atomic E-state index is 5.97. The maximum Gasteiger partial charge on any atom is 0.143 e. The van der Waals surface area contributed by atoms with Crippen LogP contribution in [0.2, 0.25) is 5.02 Å². The Balaban J connectivity index is 2.85. The Hall–Kier alpha value is -0.890. The van der Waals surface area contributed by atoms with Crippen molar-refractivity contribution in [3.05, 3.63) is 23.2 Å². The van der Waals surface area contributed by atoms with Gasteiger partial charge in [0.15, 0.2) is 0 Å². The van der Waals surface area contributed by atoms with Gasteiger partial charge in [0.1, 0.15) is 5.75 Å². The summed E-state index contributed by atoms with van der Waals surface area (Å²) in [6, 6.07) is 5.63. The second-order valence-corrected chi connectivity index (χ2v) is 3.12. The highest BCUT2D eigenvalue weighted by atomic mass is 35.5. The molecule has 0 aliphatic carbocycles. The van der Waals surface area contributed by atoms with Crippen LogP contribution in [0, 0.1) is 0 Å². The van der Waals surface area contributed by atoms with Crippen molar-refractivity contribution in [2.24, 2.45) is 0 Å². The highest BCUT2D eigenvalue weighted by Gasteiger charge is 2.04. The molecule has 1 rings (SSSR count). The van der Waals surface area contributed by atoms with Gasteiger partial charge in [-0.1, -0.05) is 24.6 Å². The second kappa shape index (κ2) is 4.97. The SMILES string of the molecule is CCCOc1cccc(Cl)c1NC. The highest BCUT2D eigenvalue weighted by molar-refractivity contribution is 6.33. The van der Waals surface area contributed by atoms with E-state index in [9.17, 15) is 0 Å². The number of anilines is 1.